The number of hydrogen-bond donors (Lipinski definition) is 2. The SMILES string of the molecule is CCOc1cc(/C=N\Nc2ccc(C(F)(F)F)cc2[N+](=O)[O-])cc(Br)c1OCc1cccc(C(=O)O)c1. The van der Waals surface area contributed by atoms with Crippen molar-refractivity contribution < 1.29 is 37.5 Å². The summed E-state index contributed by atoms with van der Waals surface area (Å²) in [5, 5.41) is 24.3. The van der Waals surface area contributed by atoms with Crippen LogP contribution in [-0.4, -0.2) is 28.8 Å². The van der Waals surface area contributed by atoms with Gasteiger partial charge in [0.1, 0.15) is 12.3 Å². The molecule has 0 aliphatic heterocycles. The number of anilines is 1. The van der Waals surface area contributed by atoms with Crippen LogP contribution in [0.4, 0.5) is 24.5 Å². The molecule has 0 aliphatic carbocycles. The molecule has 0 saturated heterocycles. The second kappa shape index (κ2) is 11.7. The number of carboxylic acid groups (broad SMARTS) is 1. The van der Waals surface area contributed by atoms with Crippen LogP contribution in [0.15, 0.2) is 64.2 Å². The summed E-state index contributed by atoms with van der Waals surface area (Å²) in [6, 6.07) is 11.6. The first-order valence-electron chi connectivity index (χ1n) is 10.6. The molecule has 194 valence electrons. The molecule has 9 nitrogen and oxygen atoms in total. The molecule has 0 bridgehead atoms. The summed E-state index contributed by atoms with van der Waals surface area (Å²) in [4.78, 5) is 21.5. The van der Waals surface area contributed by atoms with Gasteiger partial charge in [0.2, 0.25) is 0 Å². The van der Waals surface area contributed by atoms with Crippen LogP contribution in [0.5, 0.6) is 11.5 Å². The molecule has 0 spiro atoms. The van der Waals surface area contributed by atoms with E-state index in [-0.39, 0.29) is 17.9 Å². The molecule has 0 aliphatic rings. The van der Waals surface area contributed by atoms with Crippen molar-refractivity contribution in [3.8, 4) is 11.5 Å². The fourth-order valence-corrected chi connectivity index (χ4v) is 3.72. The van der Waals surface area contributed by atoms with Crippen LogP contribution < -0.4 is 14.9 Å². The molecule has 0 heterocycles. The van der Waals surface area contributed by atoms with E-state index in [2.05, 4.69) is 26.5 Å². The molecule has 3 aromatic carbocycles. The summed E-state index contributed by atoms with van der Waals surface area (Å²) in [7, 11) is 0. The van der Waals surface area contributed by atoms with E-state index >= 15 is 0 Å². The summed E-state index contributed by atoms with van der Waals surface area (Å²) < 4.78 is 50.6. The zero-order valence-electron chi connectivity index (χ0n) is 19.1. The Morgan fingerprint density at radius 2 is 1.95 bits per heavy atom. The van der Waals surface area contributed by atoms with Gasteiger partial charge in [0.25, 0.3) is 5.69 Å². The summed E-state index contributed by atoms with van der Waals surface area (Å²) in [5.41, 5.74) is 1.48. The number of benzene rings is 3. The number of carbonyl (C=O) groups is 1. The van der Waals surface area contributed by atoms with Gasteiger partial charge in [0.15, 0.2) is 11.5 Å². The fourth-order valence-electron chi connectivity index (χ4n) is 3.15. The quantitative estimate of drug-likeness (QED) is 0.159. The van der Waals surface area contributed by atoms with Gasteiger partial charge in [-0.1, -0.05) is 12.1 Å². The first kappa shape index (κ1) is 27.5. The Bertz CT molecular complexity index is 1350. The van der Waals surface area contributed by atoms with E-state index in [1.54, 1.807) is 31.2 Å². The van der Waals surface area contributed by atoms with Crippen LogP contribution in [0, 0.1) is 10.1 Å². The molecule has 0 unspecified atom stereocenters. The largest absolute Gasteiger partial charge is 0.490 e. The molecule has 0 radical (unpaired) electrons. The minimum atomic E-state index is -4.72. The number of rotatable bonds is 10. The predicted octanol–water partition coefficient (Wildman–Crippen LogP) is 6.50. The van der Waals surface area contributed by atoms with Crippen LogP contribution in [0.25, 0.3) is 0 Å². The normalized spacial score (nSPS) is 11.4. The van der Waals surface area contributed by atoms with E-state index in [0.717, 1.165) is 6.07 Å². The highest BCUT2D eigenvalue weighted by Gasteiger charge is 2.33. The number of aromatic carboxylic acids is 1. The lowest BCUT2D eigenvalue weighted by molar-refractivity contribution is -0.384. The average molecular weight is 582 g/mol. The van der Waals surface area contributed by atoms with Crippen LogP contribution in [0.1, 0.15) is 34.0 Å². The van der Waals surface area contributed by atoms with E-state index in [1.807, 2.05) is 0 Å². The molecule has 0 saturated carbocycles. The van der Waals surface area contributed by atoms with Gasteiger partial charge in [-0.15, -0.1) is 0 Å². The molecule has 0 atom stereocenters. The van der Waals surface area contributed by atoms with Crippen molar-refractivity contribution in [2.45, 2.75) is 19.7 Å². The number of carboxylic acids is 1. The Kier molecular flexibility index (Phi) is 8.71. The number of alkyl halides is 3. The van der Waals surface area contributed by atoms with E-state index in [4.69, 9.17) is 14.6 Å². The number of hydrogen-bond acceptors (Lipinski definition) is 7. The van der Waals surface area contributed by atoms with Crippen molar-refractivity contribution in [3.63, 3.8) is 0 Å². The zero-order chi connectivity index (χ0) is 27.2. The minimum Gasteiger partial charge on any atom is -0.490 e. The summed E-state index contributed by atoms with van der Waals surface area (Å²) in [6.45, 7) is 2.13. The van der Waals surface area contributed by atoms with Gasteiger partial charge in [0.05, 0.1) is 33.3 Å². The number of ether oxygens (including phenoxy) is 2. The number of nitro groups is 1. The summed E-state index contributed by atoms with van der Waals surface area (Å²) in [6.07, 6.45) is -3.42. The smallest absolute Gasteiger partial charge is 0.416 e. The van der Waals surface area contributed by atoms with Crippen molar-refractivity contribution >= 4 is 39.5 Å². The van der Waals surface area contributed by atoms with E-state index < -0.39 is 28.3 Å². The monoisotopic (exact) mass is 581 g/mol. The van der Waals surface area contributed by atoms with Crippen molar-refractivity contribution in [3.05, 3.63) is 91.4 Å². The highest BCUT2D eigenvalue weighted by molar-refractivity contribution is 9.10. The third-order valence-corrected chi connectivity index (χ3v) is 5.40. The Morgan fingerprint density at radius 1 is 1.19 bits per heavy atom. The molecule has 3 aromatic rings. The van der Waals surface area contributed by atoms with Gasteiger partial charge in [-0.2, -0.15) is 18.3 Å². The van der Waals surface area contributed by atoms with Crippen molar-refractivity contribution in [1.82, 2.24) is 0 Å². The number of nitrogens with one attached hydrogen (secondary N) is 1. The van der Waals surface area contributed by atoms with Crippen LogP contribution >= 0.6 is 15.9 Å². The van der Waals surface area contributed by atoms with Gasteiger partial charge < -0.3 is 14.6 Å². The Morgan fingerprint density at radius 3 is 2.59 bits per heavy atom. The maximum Gasteiger partial charge on any atom is 0.416 e. The van der Waals surface area contributed by atoms with Crippen LogP contribution in [0.3, 0.4) is 0 Å². The number of nitrogens with zero attached hydrogens (tertiary/aromatic N) is 2. The van der Waals surface area contributed by atoms with Gasteiger partial charge in [-0.3, -0.25) is 15.5 Å². The lowest BCUT2D eigenvalue weighted by Crippen LogP contribution is -2.06. The molecule has 0 aromatic heterocycles. The standard InChI is InChI=1S/C24H19BrF3N3O6/c1-2-36-21-10-15(9-18(25)22(21)37-13-14-4-3-5-16(8-14)23(32)33)12-29-30-19-7-6-17(24(26,27)28)11-20(19)31(34)35/h3-12,30H,2,13H2,1H3,(H,32,33)/b29-12-. The second-order valence-electron chi connectivity index (χ2n) is 7.41. The van der Waals surface area contributed by atoms with Crippen LogP contribution in [0.2, 0.25) is 0 Å². The molecular weight excluding hydrogens is 563 g/mol. The average Bonchev–Trinajstić information content (AvgIpc) is 2.83. The highest BCUT2D eigenvalue weighted by Crippen LogP contribution is 2.38. The maximum atomic E-state index is 12.9. The fraction of sp³-hybridized carbons (Fsp3) is 0.167. The molecule has 2 N–H and O–H groups in total. The van der Waals surface area contributed by atoms with Crippen molar-refractivity contribution in [2.75, 3.05) is 12.0 Å². The molecule has 13 heteroatoms. The Labute approximate surface area is 216 Å². The first-order valence-corrected chi connectivity index (χ1v) is 11.3. The number of halogens is 4. The number of nitro benzene ring substituents is 1. The second-order valence-corrected chi connectivity index (χ2v) is 8.27. The van der Waals surface area contributed by atoms with Crippen LogP contribution in [-0.2, 0) is 12.8 Å². The van der Waals surface area contributed by atoms with Gasteiger partial charge in [-0.25, -0.2) is 4.79 Å². The lowest BCUT2D eigenvalue weighted by Gasteiger charge is -2.15. The van der Waals surface area contributed by atoms with Crippen molar-refractivity contribution in [1.29, 1.82) is 0 Å². The van der Waals surface area contributed by atoms with Gasteiger partial charge >= 0.3 is 12.1 Å². The minimum absolute atomic E-state index is 0.0619. The molecular formula is C24H19BrF3N3O6. The topological polar surface area (TPSA) is 123 Å². The molecule has 0 amide bonds. The van der Waals surface area contributed by atoms with Gasteiger partial charge in [-0.05, 0) is 70.4 Å². The Hall–Kier alpha value is -4.13. The Balaban J connectivity index is 1.80. The van der Waals surface area contributed by atoms with E-state index in [9.17, 15) is 28.1 Å². The third kappa shape index (κ3) is 7.19. The molecule has 0 fully saturated rings. The van der Waals surface area contributed by atoms with E-state index in [1.165, 1.54) is 18.3 Å². The van der Waals surface area contributed by atoms with Crippen molar-refractivity contribution in [2.24, 2.45) is 5.10 Å². The lowest BCUT2D eigenvalue weighted by atomic mass is 10.1. The third-order valence-electron chi connectivity index (χ3n) is 4.81. The number of hydrazone groups is 1. The molecule has 3 rings (SSSR count). The zero-order valence-corrected chi connectivity index (χ0v) is 20.7. The highest BCUT2D eigenvalue weighted by atomic mass is 79.9. The maximum absolute atomic E-state index is 12.9. The summed E-state index contributed by atoms with van der Waals surface area (Å²) >= 11 is 3.40. The van der Waals surface area contributed by atoms with Gasteiger partial charge in [0, 0.05) is 6.07 Å². The predicted molar refractivity (Wildman–Crippen MR) is 132 cm³/mol. The summed E-state index contributed by atoms with van der Waals surface area (Å²) in [5.74, 6) is -0.365. The molecule has 37 heavy (non-hydrogen) atoms. The first-order chi connectivity index (χ1) is 17.5. The van der Waals surface area contributed by atoms with E-state index in [0.29, 0.717) is 45.8 Å².